The molecule has 0 aliphatic carbocycles. The monoisotopic (exact) mass is 349 g/mol. The molecule has 1 aliphatic rings. The first-order valence-electron chi connectivity index (χ1n) is 9.32. The molecule has 4 nitrogen and oxygen atoms in total. The second kappa shape index (κ2) is 8.84. The van der Waals surface area contributed by atoms with Crippen LogP contribution in [0.4, 0.5) is 0 Å². The highest BCUT2D eigenvalue weighted by molar-refractivity contribution is 5.32. The van der Waals surface area contributed by atoms with Crippen molar-refractivity contribution in [1.29, 1.82) is 5.26 Å². The summed E-state index contributed by atoms with van der Waals surface area (Å²) in [5.74, 6) is 0.833. The van der Waals surface area contributed by atoms with Gasteiger partial charge in [0.25, 0.3) is 0 Å². The van der Waals surface area contributed by atoms with Gasteiger partial charge >= 0.3 is 0 Å². The van der Waals surface area contributed by atoms with Crippen LogP contribution in [0.25, 0.3) is 0 Å². The third kappa shape index (κ3) is 4.43. The molecule has 0 saturated carbocycles. The van der Waals surface area contributed by atoms with Gasteiger partial charge in [-0.25, -0.2) is 0 Å². The molecule has 4 heteroatoms. The highest BCUT2D eigenvalue weighted by Gasteiger charge is 2.30. The van der Waals surface area contributed by atoms with E-state index in [1.807, 2.05) is 42.5 Å². The fourth-order valence-electron chi connectivity index (χ4n) is 3.56. The number of ether oxygens (including phenoxy) is 1. The van der Waals surface area contributed by atoms with Crippen molar-refractivity contribution >= 4 is 0 Å². The predicted molar refractivity (Wildman–Crippen MR) is 104 cm³/mol. The Kier molecular flexibility index (Phi) is 6.27. The molecule has 1 saturated heterocycles. The van der Waals surface area contributed by atoms with Crippen molar-refractivity contribution in [2.24, 2.45) is 0 Å². The van der Waals surface area contributed by atoms with E-state index in [2.05, 4.69) is 42.0 Å². The maximum atomic E-state index is 9.80. The van der Waals surface area contributed by atoms with Gasteiger partial charge in [0.05, 0.1) is 6.07 Å². The van der Waals surface area contributed by atoms with Crippen molar-refractivity contribution in [2.45, 2.75) is 32.0 Å². The highest BCUT2D eigenvalue weighted by Crippen LogP contribution is 2.27. The van der Waals surface area contributed by atoms with Crippen molar-refractivity contribution < 1.29 is 4.74 Å². The summed E-state index contributed by atoms with van der Waals surface area (Å²) in [7, 11) is 2.15. The maximum Gasteiger partial charge on any atom is 0.124 e. The van der Waals surface area contributed by atoms with E-state index in [9.17, 15) is 5.26 Å². The minimum Gasteiger partial charge on any atom is -0.489 e. The third-order valence-electron chi connectivity index (χ3n) is 5.10. The van der Waals surface area contributed by atoms with E-state index in [4.69, 9.17) is 4.74 Å². The average Bonchev–Trinajstić information content (AvgIpc) is 2.69. The van der Waals surface area contributed by atoms with Gasteiger partial charge in [-0.2, -0.15) is 5.26 Å². The van der Waals surface area contributed by atoms with E-state index in [0.717, 1.165) is 42.9 Å². The Bertz CT molecular complexity index is 723. The smallest absolute Gasteiger partial charge is 0.124 e. The van der Waals surface area contributed by atoms with Gasteiger partial charge in [-0.15, -0.1) is 0 Å². The topological polar surface area (TPSA) is 39.5 Å². The number of hydrogen-bond acceptors (Lipinski definition) is 4. The summed E-state index contributed by atoms with van der Waals surface area (Å²) < 4.78 is 5.86. The molecular formula is C22H27N3O. The van der Waals surface area contributed by atoms with Gasteiger partial charge in [0.1, 0.15) is 18.4 Å². The molecule has 0 N–H and O–H groups in total. The fourth-order valence-corrected chi connectivity index (χ4v) is 3.56. The quantitative estimate of drug-likeness (QED) is 0.794. The van der Waals surface area contributed by atoms with Crippen molar-refractivity contribution in [3.63, 3.8) is 0 Å². The zero-order valence-corrected chi connectivity index (χ0v) is 15.6. The van der Waals surface area contributed by atoms with Gasteiger partial charge in [0.15, 0.2) is 0 Å². The van der Waals surface area contributed by atoms with Gasteiger partial charge in [0.2, 0.25) is 0 Å². The van der Waals surface area contributed by atoms with Crippen LogP contribution in [0.2, 0.25) is 0 Å². The SMILES string of the molecule is CCC1CN(C)CCN1C(C#N)c1ccc(OCc2ccccc2)cc1. The second-order valence-electron chi connectivity index (χ2n) is 6.94. The molecule has 136 valence electrons. The van der Waals surface area contributed by atoms with E-state index in [1.54, 1.807) is 0 Å². The Morgan fingerprint density at radius 1 is 1.12 bits per heavy atom. The molecule has 2 aromatic rings. The molecule has 0 bridgehead atoms. The van der Waals surface area contributed by atoms with Crippen LogP contribution in [-0.2, 0) is 6.61 Å². The molecule has 2 atom stereocenters. The van der Waals surface area contributed by atoms with Crippen molar-refractivity contribution in [2.75, 3.05) is 26.7 Å². The Morgan fingerprint density at radius 2 is 1.85 bits per heavy atom. The van der Waals surface area contributed by atoms with Gasteiger partial charge in [0, 0.05) is 25.7 Å². The molecule has 1 fully saturated rings. The number of piperazine rings is 1. The van der Waals surface area contributed by atoms with Gasteiger partial charge in [-0.05, 0) is 36.7 Å². The van der Waals surface area contributed by atoms with E-state index >= 15 is 0 Å². The van der Waals surface area contributed by atoms with Crippen LogP contribution >= 0.6 is 0 Å². The first kappa shape index (κ1) is 18.4. The molecule has 2 unspecified atom stereocenters. The zero-order valence-electron chi connectivity index (χ0n) is 15.6. The van der Waals surface area contributed by atoms with Crippen LogP contribution in [0.1, 0.15) is 30.5 Å². The van der Waals surface area contributed by atoms with E-state index in [0.29, 0.717) is 12.6 Å². The second-order valence-corrected chi connectivity index (χ2v) is 6.94. The first-order chi connectivity index (χ1) is 12.7. The van der Waals surface area contributed by atoms with Crippen LogP contribution in [0.5, 0.6) is 5.75 Å². The summed E-state index contributed by atoms with van der Waals surface area (Å²) in [4.78, 5) is 4.69. The molecule has 0 spiro atoms. The maximum absolute atomic E-state index is 9.80. The minimum absolute atomic E-state index is 0.197. The van der Waals surface area contributed by atoms with Gasteiger partial charge in [-0.3, -0.25) is 4.90 Å². The van der Waals surface area contributed by atoms with Gasteiger partial charge < -0.3 is 9.64 Å². The van der Waals surface area contributed by atoms with Crippen LogP contribution in [-0.4, -0.2) is 42.5 Å². The average molecular weight is 349 g/mol. The molecule has 2 aromatic carbocycles. The summed E-state index contributed by atoms with van der Waals surface area (Å²) in [5.41, 5.74) is 2.19. The summed E-state index contributed by atoms with van der Waals surface area (Å²) >= 11 is 0. The van der Waals surface area contributed by atoms with Crippen LogP contribution in [0, 0.1) is 11.3 Å². The normalized spacial score (nSPS) is 19.7. The lowest BCUT2D eigenvalue weighted by Crippen LogP contribution is -2.52. The zero-order chi connectivity index (χ0) is 18.4. The molecule has 1 aliphatic heterocycles. The largest absolute Gasteiger partial charge is 0.489 e. The number of hydrogen-bond donors (Lipinski definition) is 0. The Morgan fingerprint density at radius 3 is 2.50 bits per heavy atom. The highest BCUT2D eigenvalue weighted by atomic mass is 16.5. The number of rotatable bonds is 6. The molecule has 1 heterocycles. The summed E-state index contributed by atoms with van der Waals surface area (Å²) in [6.07, 6.45) is 1.06. The van der Waals surface area contributed by atoms with Crippen LogP contribution < -0.4 is 4.74 Å². The van der Waals surface area contributed by atoms with Crippen LogP contribution in [0.3, 0.4) is 0 Å². The lowest BCUT2D eigenvalue weighted by Gasteiger charge is -2.42. The Labute approximate surface area is 156 Å². The van der Waals surface area contributed by atoms with E-state index in [-0.39, 0.29) is 6.04 Å². The number of likely N-dealkylation sites (N-methyl/N-ethyl adjacent to an activating group) is 1. The molecule has 0 amide bonds. The van der Waals surface area contributed by atoms with Crippen molar-refractivity contribution in [3.8, 4) is 11.8 Å². The lowest BCUT2D eigenvalue weighted by atomic mass is 10.0. The third-order valence-corrected chi connectivity index (χ3v) is 5.10. The van der Waals surface area contributed by atoms with E-state index in [1.165, 1.54) is 0 Å². The molecule has 26 heavy (non-hydrogen) atoms. The molecule has 0 radical (unpaired) electrons. The van der Waals surface area contributed by atoms with Crippen molar-refractivity contribution in [3.05, 3.63) is 65.7 Å². The number of nitrogens with zero attached hydrogens (tertiary/aromatic N) is 3. The Hall–Kier alpha value is -2.35. The summed E-state index contributed by atoms with van der Waals surface area (Å²) in [6.45, 7) is 5.71. The first-order valence-corrected chi connectivity index (χ1v) is 9.32. The summed E-state index contributed by atoms with van der Waals surface area (Å²) in [5, 5.41) is 9.80. The van der Waals surface area contributed by atoms with E-state index < -0.39 is 0 Å². The van der Waals surface area contributed by atoms with Crippen molar-refractivity contribution in [1.82, 2.24) is 9.80 Å². The fraction of sp³-hybridized carbons (Fsp3) is 0.409. The van der Waals surface area contributed by atoms with Crippen LogP contribution in [0.15, 0.2) is 54.6 Å². The summed E-state index contributed by atoms with van der Waals surface area (Å²) in [6, 6.07) is 20.9. The Balaban J connectivity index is 1.67. The minimum atomic E-state index is -0.197. The number of nitriles is 1. The van der Waals surface area contributed by atoms with Gasteiger partial charge in [-0.1, -0.05) is 49.4 Å². The molecular weight excluding hydrogens is 322 g/mol. The molecule has 3 rings (SSSR count). The standard InChI is InChI=1S/C22H27N3O/c1-3-20-16-24(2)13-14-25(20)22(15-23)19-9-11-21(12-10-19)26-17-18-7-5-4-6-8-18/h4-12,20,22H,3,13-14,16-17H2,1-2H3. The molecule has 0 aromatic heterocycles. The number of benzene rings is 2. The lowest BCUT2D eigenvalue weighted by molar-refractivity contribution is 0.0675. The predicted octanol–water partition coefficient (Wildman–Crippen LogP) is 3.86.